The molecule has 2 N–H and O–H groups in total. The summed E-state index contributed by atoms with van der Waals surface area (Å²) >= 11 is 0. The van der Waals surface area contributed by atoms with Gasteiger partial charge in [-0.3, -0.25) is 0 Å². The summed E-state index contributed by atoms with van der Waals surface area (Å²) in [5.41, 5.74) is 2.47. The summed E-state index contributed by atoms with van der Waals surface area (Å²) < 4.78 is 0. The van der Waals surface area contributed by atoms with E-state index in [0.717, 1.165) is 12.4 Å². The third-order valence-corrected chi connectivity index (χ3v) is 2.57. The zero-order valence-electron chi connectivity index (χ0n) is 11.5. The lowest BCUT2D eigenvalue weighted by molar-refractivity contribution is 0.850. The van der Waals surface area contributed by atoms with Gasteiger partial charge in [-0.25, -0.2) is 0 Å². The van der Waals surface area contributed by atoms with Gasteiger partial charge < -0.3 is 10.6 Å². The molecule has 0 saturated carbocycles. The molecule has 0 aliphatic heterocycles. The molecule has 0 amide bonds. The molecule has 0 aliphatic rings. The molecule has 5 heteroatoms. The monoisotopic (exact) mass is 257 g/mol. The minimum Gasteiger partial charge on any atom is -0.365 e. The molecule has 1 aromatic heterocycles. The van der Waals surface area contributed by atoms with Gasteiger partial charge in [0.25, 0.3) is 0 Å². The molecule has 0 unspecified atom stereocenters. The fourth-order valence-electron chi connectivity index (χ4n) is 1.61. The van der Waals surface area contributed by atoms with Crippen molar-refractivity contribution in [3.8, 4) is 0 Å². The molecule has 0 radical (unpaired) electrons. The van der Waals surface area contributed by atoms with Crippen molar-refractivity contribution in [2.24, 2.45) is 0 Å². The van der Waals surface area contributed by atoms with Crippen LogP contribution >= 0.6 is 0 Å². The van der Waals surface area contributed by atoms with Gasteiger partial charge in [0.2, 0.25) is 5.95 Å². The van der Waals surface area contributed by atoms with Crippen LogP contribution in [0.25, 0.3) is 0 Å². The van der Waals surface area contributed by atoms with E-state index in [2.05, 4.69) is 57.0 Å². The van der Waals surface area contributed by atoms with Gasteiger partial charge in [-0.2, -0.15) is 10.1 Å². The van der Waals surface area contributed by atoms with Gasteiger partial charge in [0.05, 0.1) is 6.20 Å². The normalized spacial score (nSPS) is 10.5. The molecule has 100 valence electrons. The van der Waals surface area contributed by atoms with Crippen molar-refractivity contribution in [3.05, 3.63) is 41.6 Å². The van der Waals surface area contributed by atoms with E-state index in [4.69, 9.17) is 0 Å². The maximum atomic E-state index is 4.35. The van der Waals surface area contributed by atoms with Crippen molar-refractivity contribution in [3.63, 3.8) is 0 Å². The van der Waals surface area contributed by atoms with Gasteiger partial charge >= 0.3 is 0 Å². The number of aromatic nitrogens is 3. The zero-order chi connectivity index (χ0) is 13.7. The van der Waals surface area contributed by atoms with E-state index in [9.17, 15) is 0 Å². The second-order valence-electron chi connectivity index (χ2n) is 4.80. The van der Waals surface area contributed by atoms with Crippen LogP contribution in [0.3, 0.4) is 0 Å². The highest BCUT2D eigenvalue weighted by molar-refractivity contribution is 5.38. The number of benzene rings is 1. The summed E-state index contributed by atoms with van der Waals surface area (Å²) in [7, 11) is 0. The smallest absolute Gasteiger partial charge is 0.244 e. The zero-order valence-corrected chi connectivity index (χ0v) is 11.5. The minimum atomic E-state index is 0.286. The van der Waals surface area contributed by atoms with E-state index >= 15 is 0 Å². The molecule has 2 rings (SSSR count). The maximum Gasteiger partial charge on any atom is 0.244 e. The van der Waals surface area contributed by atoms with Crippen molar-refractivity contribution in [1.29, 1.82) is 0 Å². The first-order valence-electron chi connectivity index (χ1n) is 6.39. The first kappa shape index (κ1) is 13.3. The summed E-state index contributed by atoms with van der Waals surface area (Å²) in [6.45, 7) is 6.88. The quantitative estimate of drug-likeness (QED) is 0.862. The van der Waals surface area contributed by atoms with E-state index < -0.39 is 0 Å². The number of nitrogens with zero attached hydrogens (tertiary/aromatic N) is 3. The van der Waals surface area contributed by atoms with Gasteiger partial charge in [0.1, 0.15) is 0 Å². The Kier molecular flexibility index (Phi) is 4.28. The Morgan fingerprint density at radius 1 is 1.16 bits per heavy atom. The Morgan fingerprint density at radius 3 is 2.58 bits per heavy atom. The largest absolute Gasteiger partial charge is 0.365 e. The van der Waals surface area contributed by atoms with Crippen LogP contribution in [-0.2, 0) is 6.54 Å². The Morgan fingerprint density at radius 2 is 1.89 bits per heavy atom. The Bertz CT molecular complexity index is 522. The van der Waals surface area contributed by atoms with Crippen molar-refractivity contribution in [1.82, 2.24) is 15.2 Å². The second-order valence-corrected chi connectivity index (χ2v) is 4.80. The van der Waals surface area contributed by atoms with E-state index in [0.29, 0.717) is 5.95 Å². The van der Waals surface area contributed by atoms with Crippen molar-refractivity contribution >= 4 is 11.8 Å². The van der Waals surface area contributed by atoms with Crippen LogP contribution in [0.1, 0.15) is 25.0 Å². The van der Waals surface area contributed by atoms with Crippen LogP contribution < -0.4 is 10.6 Å². The molecule has 0 spiro atoms. The van der Waals surface area contributed by atoms with E-state index in [1.165, 1.54) is 11.1 Å². The molecule has 5 nitrogen and oxygen atoms in total. The van der Waals surface area contributed by atoms with E-state index in [1.54, 1.807) is 6.20 Å². The van der Waals surface area contributed by atoms with Gasteiger partial charge in [0, 0.05) is 12.6 Å². The Hall–Kier alpha value is -2.17. The summed E-state index contributed by atoms with van der Waals surface area (Å²) in [4.78, 5) is 4.35. The number of hydrogen-bond donors (Lipinski definition) is 2. The number of nitrogens with one attached hydrogen (secondary N) is 2. The summed E-state index contributed by atoms with van der Waals surface area (Å²) in [6.07, 6.45) is 1.62. The summed E-state index contributed by atoms with van der Waals surface area (Å²) in [5.74, 6) is 1.27. The Balaban J connectivity index is 1.97. The SMILES string of the molecule is Cc1ccc(CNc2cnnc(NC(C)C)n2)cc1. The standard InChI is InChI=1S/C14H19N5/c1-10(2)17-14-18-13(9-16-19-14)15-8-12-6-4-11(3)5-7-12/h4-7,9-10H,8H2,1-3H3,(H2,15,17,18,19). The molecule has 0 atom stereocenters. The molecule has 1 aromatic carbocycles. The molecule has 19 heavy (non-hydrogen) atoms. The molecule has 2 aromatic rings. The second kappa shape index (κ2) is 6.13. The third-order valence-electron chi connectivity index (χ3n) is 2.57. The van der Waals surface area contributed by atoms with Crippen LogP contribution in [0.2, 0.25) is 0 Å². The lowest BCUT2D eigenvalue weighted by Gasteiger charge is -2.09. The predicted molar refractivity (Wildman–Crippen MR) is 77.1 cm³/mol. The fourth-order valence-corrected chi connectivity index (χ4v) is 1.61. The van der Waals surface area contributed by atoms with Crippen LogP contribution in [0, 0.1) is 6.92 Å². The highest BCUT2D eigenvalue weighted by atomic mass is 15.3. The number of hydrogen-bond acceptors (Lipinski definition) is 5. The van der Waals surface area contributed by atoms with E-state index in [-0.39, 0.29) is 6.04 Å². The number of anilines is 2. The first-order chi connectivity index (χ1) is 9.13. The molecule has 0 fully saturated rings. The highest BCUT2D eigenvalue weighted by Gasteiger charge is 2.01. The van der Waals surface area contributed by atoms with Gasteiger partial charge in [-0.15, -0.1) is 5.10 Å². The molecule has 0 saturated heterocycles. The number of rotatable bonds is 5. The minimum absolute atomic E-state index is 0.286. The molecule has 0 bridgehead atoms. The van der Waals surface area contributed by atoms with Crippen LogP contribution in [0.5, 0.6) is 0 Å². The van der Waals surface area contributed by atoms with Gasteiger partial charge in [-0.1, -0.05) is 29.8 Å². The van der Waals surface area contributed by atoms with Crippen molar-refractivity contribution in [2.45, 2.75) is 33.4 Å². The highest BCUT2D eigenvalue weighted by Crippen LogP contribution is 2.08. The molecular formula is C14H19N5. The molecule has 0 aliphatic carbocycles. The fraction of sp³-hybridized carbons (Fsp3) is 0.357. The topological polar surface area (TPSA) is 62.7 Å². The first-order valence-corrected chi connectivity index (χ1v) is 6.39. The van der Waals surface area contributed by atoms with Crippen LogP contribution in [-0.4, -0.2) is 21.2 Å². The Labute approximate surface area is 113 Å². The predicted octanol–water partition coefficient (Wildman–Crippen LogP) is 2.61. The van der Waals surface area contributed by atoms with Crippen molar-refractivity contribution in [2.75, 3.05) is 10.6 Å². The van der Waals surface area contributed by atoms with E-state index in [1.807, 2.05) is 13.8 Å². The number of aryl methyl sites for hydroxylation is 1. The average Bonchev–Trinajstić information content (AvgIpc) is 2.38. The average molecular weight is 257 g/mol. The van der Waals surface area contributed by atoms with Gasteiger partial charge in [0.15, 0.2) is 5.82 Å². The molecule has 1 heterocycles. The maximum absolute atomic E-state index is 4.35. The lowest BCUT2D eigenvalue weighted by Crippen LogP contribution is -2.14. The lowest BCUT2D eigenvalue weighted by atomic mass is 10.1. The third kappa shape index (κ3) is 4.21. The van der Waals surface area contributed by atoms with Crippen molar-refractivity contribution < 1.29 is 0 Å². The van der Waals surface area contributed by atoms with Crippen LogP contribution in [0.15, 0.2) is 30.5 Å². The molecular weight excluding hydrogens is 238 g/mol. The summed E-state index contributed by atoms with van der Waals surface area (Å²) in [5, 5.41) is 14.2. The summed E-state index contributed by atoms with van der Waals surface area (Å²) in [6, 6.07) is 8.69. The van der Waals surface area contributed by atoms with Crippen LogP contribution in [0.4, 0.5) is 11.8 Å². The van der Waals surface area contributed by atoms with Gasteiger partial charge in [-0.05, 0) is 26.3 Å².